The van der Waals surface area contributed by atoms with E-state index in [4.69, 9.17) is 0 Å². The third-order valence-electron chi connectivity index (χ3n) is 3.69. The lowest BCUT2D eigenvalue weighted by Gasteiger charge is -2.39. The molecule has 1 N–H and O–H groups in total. The molecular formula is C16H19N5O. The smallest absolute Gasteiger partial charge is 0.254 e. The van der Waals surface area contributed by atoms with E-state index < -0.39 is 0 Å². The van der Waals surface area contributed by atoms with Crippen LogP contribution in [0.4, 0.5) is 11.5 Å². The predicted molar refractivity (Wildman–Crippen MR) is 86.1 cm³/mol. The van der Waals surface area contributed by atoms with Crippen molar-refractivity contribution in [2.24, 2.45) is 0 Å². The topological polar surface area (TPSA) is 61.4 Å². The van der Waals surface area contributed by atoms with Crippen LogP contribution in [-0.4, -0.2) is 54.0 Å². The molecule has 1 saturated heterocycles. The Labute approximate surface area is 129 Å². The number of nitrogens with zero attached hydrogens (tertiary/aromatic N) is 4. The van der Waals surface area contributed by atoms with Gasteiger partial charge in [-0.2, -0.15) is 0 Å². The molecule has 0 spiro atoms. The van der Waals surface area contributed by atoms with E-state index in [9.17, 15) is 4.79 Å². The first kappa shape index (κ1) is 14.3. The summed E-state index contributed by atoms with van der Waals surface area (Å²) in [5.74, 6) is 0.815. The number of benzene rings is 1. The number of carbonyl (C=O) groups is 1. The molecule has 0 atom stereocenters. The summed E-state index contributed by atoms with van der Waals surface area (Å²) in [5.41, 5.74) is 1.75. The normalized spacial score (nSPS) is 14.4. The monoisotopic (exact) mass is 297 g/mol. The zero-order chi connectivity index (χ0) is 15.5. The second-order valence-electron chi connectivity index (χ2n) is 5.59. The summed E-state index contributed by atoms with van der Waals surface area (Å²) in [4.78, 5) is 24.5. The SMILES string of the molecule is CN(C)c1cccc(C(=O)N2CC(Nc3cnccn3)C2)c1. The van der Waals surface area contributed by atoms with Crippen LogP contribution in [0.1, 0.15) is 10.4 Å². The van der Waals surface area contributed by atoms with E-state index in [0.29, 0.717) is 13.1 Å². The maximum absolute atomic E-state index is 12.5. The quantitative estimate of drug-likeness (QED) is 0.926. The summed E-state index contributed by atoms with van der Waals surface area (Å²) in [5, 5.41) is 3.27. The molecule has 0 aliphatic carbocycles. The number of rotatable bonds is 4. The Morgan fingerprint density at radius 3 is 2.82 bits per heavy atom. The van der Waals surface area contributed by atoms with Crippen LogP contribution in [-0.2, 0) is 0 Å². The molecular weight excluding hydrogens is 278 g/mol. The van der Waals surface area contributed by atoms with Gasteiger partial charge in [0.1, 0.15) is 5.82 Å². The Hall–Kier alpha value is -2.63. The van der Waals surface area contributed by atoms with E-state index in [-0.39, 0.29) is 11.9 Å². The fraction of sp³-hybridized carbons (Fsp3) is 0.312. The number of anilines is 2. The summed E-state index contributed by atoms with van der Waals surface area (Å²) in [6, 6.07) is 7.92. The molecule has 0 saturated carbocycles. The molecule has 0 bridgehead atoms. The second kappa shape index (κ2) is 6.01. The second-order valence-corrected chi connectivity index (χ2v) is 5.59. The lowest BCUT2D eigenvalue weighted by molar-refractivity contribution is 0.0625. The number of aromatic nitrogens is 2. The van der Waals surface area contributed by atoms with E-state index >= 15 is 0 Å². The fourth-order valence-electron chi connectivity index (χ4n) is 2.42. The summed E-state index contributed by atoms with van der Waals surface area (Å²) in [6.45, 7) is 1.36. The van der Waals surface area contributed by atoms with Crippen LogP contribution in [0.2, 0.25) is 0 Å². The molecule has 6 heteroatoms. The molecule has 1 aromatic heterocycles. The number of hydrogen-bond acceptors (Lipinski definition) is 5. The molecule has 2 aromatic rings. The Kier molecular flexibility index (Phi) is 3.91. The van der Waals surface area contributed by atoms with Crippen LogP contribution in [0.25, 0.3) is 0 Å². The van der Waals surface area contributed by atoms with Gasteiger partial charge in [-0.25, -0.2) is 4.98 Å². The average molecular weight is 297 g/mol. The fourth-order valence-corrected chi connectivity index (χ4v) is 2.42. The van der Waals surface area contributed by atoms with Crippen LogP contribution in [0.3, 0.4) is 0 Å². The Balaban J connectivity index is 1.58. The molecule has 1 aromatic carbocycles. The van der Waals surface area contributed by atoms with Gasteiger partial charge in [0.25, 0.3) is 5.91 Å². The van der Waals surface area contributed by atoms with Gasteiger partial charge < -0.3 is 15.1 Å². The average Bonchev–Trinajstić information content (AvgIpc) is 2.51. The number of likely N-dealkylation sites (tertiary alicyclic amines) is 1. The molecule has 1 fully saturated rings. The van der Waals surface area contributed by atoms with Gasteiger partial charge in [-0.15, -0.1) is 0 Å². The summed E-state index contributed by atoms with van der Waals surface area (Å²) >= 11 is 0. The number of amides is 1. The molecule has 6 nitrogen and oxygen atoms in total. The van der Waals surface area contributed by atoms with Gasteiger partial charge in [0.15, 0.2) is 0 Å². The summed E-state index contributed by atoms with van der Waals surface area (Å²) < 4.78 is 0. The highest BCUT2D eigenvalue weighted by molar-refractivity contribution is 5.95. The highest BCUT2D eigenvalue weighted by Gasteiger charge is 2.31. The third kappa shape index (κ3) is 3.00. The van der Waals surface area contributed by atoms with Crippen LogP contribution >= 0.6 is 0 Å². The van der Waals surface area contributed by atoms with Crippen LogP contribution in [0.15, 0.2) is 42.9 Å². The Morgan fingerprint density at radius 1 is 1.32 bits per heavy atom. The maximum Gasteiger partial charge on any atom is 0.254 e. The zero-order valence-corrected chi connectivity index (χ0v) is 12.7. The van der Waals surface area contributed by atoms with Gasteiger partial charge in [-0.3, -0.25) is 9.78 Å². The van der Waals surface area contributed by atoms with Crippen LogP contribution < -0.4 is 10.2 Å². The van der Waals surface area contributed by atoms with Gasteiger partial charge >= 0.3 is 0 Å². The predicted octanol–water partition coefficient (Wildman–Crippen LogP) is 1.48. The van der Waals surface area contributed by atoms with E-state index in [0.717, 1.165) is 17.1 Å². The van der Waals surface area contributed by atoms with E-state index in [1.165, 1.54) is 0 Å². The first-order valence-electron chi connectivity index (χ1n) is 7.22. The van der Waals surface area contributed by atoms with Crippen molar-refractivity contribution in [1.29, 1.82) is 0 Å². The van der Waals surface area contributed by atoms with Crippen molar-refractivity contribution in [2.75, 3.05) is 37.4 Å². The molecule has 1 aliphatic heterocycles. The molecule has 22 heavy (non-hydrogen) atoms. The minimum Gasteiger partial charge on any atom is -0.378 e. The highest BCUT2D eigenvalue weighted by atomic mass is 16.2. The van der Waals surface area contributed by atoms with Gasteiger partial charge in [0, 0.05) is 50.8 Å². The van der Waals surface area contributed by atoms with Crippen molar-refractivity contribution in [1.82, 2.24) is 14.9 Å². The van der Waals surface area contributed by atoms with E-state index in [2.05, 4.69) is 15.3 Å². The third-order valence-corrected chi connectivity index (χ3v) is 3.69. The summed E-state index contributed by atoms with van der Waals surface area (Å²) in [7, 11) is 3.93. The first-order valence-corrected chi connectivity index (χ1v) is 7.22. The minimum absolute atomic E-state index is 0.0703. The number of nitrogens with one attached hydrogen (secondary N) is 1. The molecule has 0 unspecified atom stereocenters. The summed E-state index contributed by atoms with van der Waals surface area (Å²) in [6.07, 6.45) is 4.97. The van der Waals surface area contributed by atoms with Gasteiger partial charge in [0.05, 0.1) is 12.2 Å². The largest absolute Gasteiger partial charge is 0.378 e. The number of carbonyl (C=O) groups excluding carboxylic acids is 1. The van der Waals surface area contributed by atoms with Crippen molar-refractivity contribution in [3.8, 4) is 0 Å². The van der Waals surface area contributed by atoms with Crippen LogP contribution in [0, 0.1) is 0 Å². The first-order chi connectivity index (χ1) is 10.6. The molecule has 114 valence electrons. The van der Waals surface area contributed by atoms with Crippen molar-refractivity contribution < 1.29 is 4.79 Å². The number of hydrogen-bond donors (Lipinski definition) is 1. The highest BCUT2D eigenvalue weighted by Crippen LogP contribution is 2.19. The van der Waals surface area contributed by atoms with Crippen molar-refractivity contribution in [2.45, 2.75) is 6.04 Å². The van der Waals surface area contributed by atoms with Crippen molar-refractivity contribution in [3.63, 3.8) is 0 Å². The minimum atomic E-state index is 0.0703. The van der Waals surface area contributed by atoms with Crippen LogP contribution in [0.5, 0.6) is 0 Å². The molecule has 2 heterocycles. The zero-order valence-electron chi connectivity index (χ0n) is 12.7. The van der Waals surface area contributed by atoms with Gasteiger partial charge in [-0.1, -0.05) is 6.07 Å². The van der Waals surface area contributed by atoms with Crippen molar-refractivity contribution in [3.05, 3.63) is 48.4 Å². The van der Waals surface area contributed by atoms with E-state index in [1.807, 2.05) is 48.2 Å². The Morgan fingerprint density at radius 2 is 2.14 bits per heavy atom. The van der Waals surface area contributed by atoms with Gasteiger partial charge in [0.2, 0.25) is 0 Å². The van der Waals surface area contributed by atoms with Gasteiger partial charge in [-0.05, 0) is 18.2 Å². The molecule has 1 aliphatic rings. The standard InChI is InChI=1S/C16H19N5O/c1-20(2)14-5-3-4-12(8-14)16(22)21-10-13(11-21)19-15-9-17-6-7-18-15/h3-9,13H,10-11H2,1-2H3,(H,18,19). The molecule has 3 rings (SSSR count). The lowest BCUT2D eigenvalue weighted by Crippen LogP contribution is -2.57. The lowest BCUT2D eigenvalue weighted by atomic mass is 10.1. The molecule has 0 radical (unpaired) electrons. The van der Waals surface area contributed by atoms with Crippen molar-refractivity contribution >= 4 is 17.4 Å². The Bertz CT molecular complexity index is 653. The molecule has 1 amide bonds. The van der Waals surface area contributed by atoms with E-state index in [1.54, 1.807) is 18.6 Å². The maximum atomic E-state index is 12.5.